The summed E-state index contributed by atoms with van der Waals surface area (Å²) < 4.78 is 0. The quantitative estimate of drug-likeness (QED) is 0.164. The fourth-order valence-corrected chi connectivity index (χ4v) is 9.21. The maximum absolute atomic E-state index is 2.48. The van der Waals surface area contributed by atoms with Gasteiger partial charge in [-0.1, -0.05) is 121 Å². The van der Waals surface area contributed by atoms with E-state index in [4.69, 9.17) is 0 Å². The Bertz CT molecular complexity index is 3080. The molecule has 0 atom stereocenters. The molecule has 0 nitrogen and oxygen atoms in total. The minimum atomic E-state index is 1.25. The van der Waals surface area contributed by atoms with E-state index in [0.717, 1.165) is 0 Å². The first-order valence-corrected chi connectivity index (χ1v) is 16.8. The molecule has 218 valence electrons. The lowest BCUT2D eigenvalue weighted by Gasteiger charge is -2.16. The molecule has 0 fully saturated rings. The average molecular weight is 603 g/mol. The maximum atomic E-state index is 2.48. The van der Waals surface area contributed by atoms with Crippen LogP contribution in [0.25, 0.3) is 120 Å². The van der Waals surface area contributed by atoms with Gasteiger partial charge in [-0.3, -0.25) is 0 Å². The van der Waals surface area contributed by atoms with Crippen molar-refractivity contribution in [2.75, 3.05) is 0 Å². The fraction of sp³-hybridized carbons (Fsp3) is 0. The van der Waals surface area contributed by atoms with Crippen molar-refractivity contribution < 1.29 is 0 Å². The molecule has 10 aromatic rings. The van der Waals surface area contributed by atoms with E-state index in [2.05, 4.69) is 158 Å². The van der Waals surface area contributed by atoms with Crippen LogP contribution in [0.15, 0.2) is 158 Å². The van der Waals surface area contributed by atoms with Gasteiger partial charge in [-0.05, 0) is 157 Å². The molecule has 12 rings (SSSR count). The molecular formula is C48H26. The summed E-state index contributed by atoms with van der Waals surface area (Å²) in [5.74, 6) is 0. The summed E-state index contributed by atoms with van der Waals surface area (Å²) >= 11 is 0. The van der Waals surface area contributed by atoms with E-state index in [9.17, 15) is 0 Å². The molecule has 0 radical (unpaired) electrons. The largest absolute Gasteiger partial charge is 0.0622 e. The monoisotopic (exact) mass is 602 g/mol. The number of hydrogen-bond donors (Lipinski definition) is 0. The topological polar surface area (TPSA) is 0 Å². The van der Waals surface area contributed by atoms with Crippen molar-refractivity contribution in [3.63, 3.8) is 0 Å². The summed E-state index contributed by atoms with van der Waals surface area (Å²) in [6.07, 6.45) is 0. The molecule has 2 aliphatic rings. The van der Waals surface area contributed by atoms with Gasteiger partial charge in [0.2, 0.25) is 0 Å². The molecule has 0 heterocycles. The van der Waals surface area contributed by atoms with E-state index in [1.165, 1.54) is 120 Å². The molecule has 0 spiro atoms. The van der Waals surface area contributed by atoms with Gasteiger partial charge in [0, 0.05) is 0 Å². The Hall–Kier alpha value is -6.24. The summed E-state index contributed by atoms with van der Waals surface area (Å²) in [4.78, 5) is 0. The van der Waals surface area contributed by atoms with Gasteiger partial charge < -0.3 is 0 Å². The van der Waals surface area contributed by atoms with E-state index in [1.54, 1.807) is 0 Å². The molecule has 0 unspecified atom stereocenters. The van der Waals surface area contributed by atoms with Crippen LogP contribution in [0.2, 0.25) is 0 Å². The van der Waals surface area contributed by atoms with Gasteiger partial charge in [0.15, 0.2) is 0 Å². The van der Waals surface area contributed by atoms with Crippen molar-refractivity contribution in [1.82, 2.24) is 0 Å². The minimum Gasteiger partial charge on any atom is -0.0622 e. The van der Waals surface area contributed by atoms with Crippen LogP contribution in [-0.2, 0) is 0 Å². The zero-order valence-electron chi connectivity index (χ0n) is 26.0. The van der Waals surface area contributed by atoms with Crippen LogP contribution in [0.4, 0.5) is 0 Å². The second-order valence-corrected chi connectivity index (χ2v) is 13.6. The summed E-state index contributed by atoms with van der Waals surface area (Å²) in [5.41, 5.74) is 13.3. The highest BCUT2D eigenvalue weighted by atomic mass is 14.3. The van der Waals surface area contributed by atoms with E-state index >= 15 is 0 Å². The fourth-order valence-electron chi connectivity index (χ4n) is 9.21. The highest BCUT2D eigenvalue weighted by molar-refractivity contribution is 6.29. The smallest absolute Gasteiger partial charge is 0.00199 e. The Morgan fingerprint density at radius 1 is 0.208 bits per heavy atom. The van der Waals surface area contributed by atoms with E-state index in [1.807, 2.05) is 0 Å². The van der Waals surface area contributed by atoms with Gasteiger partial charge in [0.1, 0.15) is 0 Å². The van der Waals surface area contributed by atoms with Gasteiger partial charge in [-0.25, -0.2) is 0 Å². The second-order valence-electron chi connectivity index (χ2n) is 13.6. The van der Waals surface area contributed by atoms with Crippen molar-refractivity contribution in [2.24, 2.45) is 0 Å². The zero-order chi connectivity index (χ0) is 31.1. The average Bonchev–Trinajstić information content (AvgIpc) is 3.63. The van der Waals surface area contributed by atoms with Crippen LogP contribution in [-0.4, -0.2) is 0 Å². The zero-order valence-corrected chi connectivity index (χ0v) is 26.0. The van der Waals surface area contributed by atoms with Gasteiger partial charge in [-0.2, -0.15) is 0 Å². The standard InChI is InChI=1S/C48H26/c1-2-9-27(10-3-1)39-23-31-24-42-43(36-18-8-17-33-32-14-5-4-11-29(32)22-45(42)47(33)36)25-38(31)37-20-19-30-21-41-34-15-6-12-28-13-7-16-35(46(28)34)44(41)26-40(30)48(37)39/h1-26H. The summed E-state index contributed by atoms with van der Waals surface area (Å²) in [6, 6.07) is 59.5. The number of hydrogen-bond acceptors (Lipinski definition) is 0. The van der Waals surface area contributed by atoms with Gasteiger partial charge in [0.25, 0.3) is 0 Å². The molecular weight excluding hydrogens is 577 g/mol. The van der Waals surface area contributed by atoms with Crippen LogP contribution in [0.5, 0.6) is 0 Å². The lowest BCUT2D eigenvalue weighted by molar-refractivity contribution is 1.67. The predicted octanol–water partition coefficient (Wildman–Crippen LogP) is 13.6. The summed E-state index contributed by atoms with van der Waals surface area (Å²) in [7, 11) is 0. The Morgan fingerprint density at radius 3 is 1.58 bits per heavy atom. The van der Waals surface area contributed by atoms with Crippen molar-refractivity contribution in [1.29, 1.82) is 0 Å². The normalized spacial score (nSPS) is 12.6. The van der Waals surface area contributed by atoms with Crippen LogP contribution in [0, 0.1) is 0 Å². The number of benzene rings is 10. The lowest BCUT2D eigenvalue weighted by atomic mass is 9.87. The molecule has 2 aliphatic carbocycles. The third-order valence-electron chi connectivity index (χ3n) is 11.2. The third kappa shape index (κ3) is 3.06. The molecule has 0 heteroatoms. The summed E-state index contributed by atoms with van der Waals surface area (Å²) in [5, 5.41) is 15.9. The number of rotatable bonds is 1. The highest BCUT2D eigenvalue weighted by Gasteiger charge is 2.26. The van der Waals surface area contributed by atoms with Crippen LogP contribution in [0.1, 0.15) is 0 Å². The van der Waals surface area contributed by atoms with Crippen LogP contribution >= 0.6 is 0 Å². The van der Waals surface area contributed by atoms with E-state index in [-0.39, 0.29) is 0 Å². The minimum absolute atomic E-state index is 1.25. The van der Waals surface area contributed by atoms with Gasteiger partial charge in [0.05, 0.1) is 0 Å². The Labute approximate surface area is 277 Å². The molecule has 48 heavy (non-hydrogen) atoms. The third-order valence-corrected chi connectivity index (χ3v) is 11.2. The molecule has 0 bridgehead atoms. The van der Waals surface area contributed by atoms with Crippen molar-refractivity contribution in [2.45, 2.75) is 0 Å². The molecule has 10 aromatic carbocycles. The van der Waals surface area contributed by atoms with Gasteiger partial charge >= 0.3 is 0 Å². The number of fused-ring (bicyclic) bond motifs is 13. The van der Waals surface area contributed by atoms with Crippen molar-refractivity contribution in [3.05, 3.63) is 158 Å². The van der Waals surface area contributed by atoms with Crippen LogP contribution in [0.3, 0.4) is 0 Å². The van der Waals surface area contributed by atoms with Crippen LogP contribution < -0.4 is 0 Å². The molecule has 0 saturated carbocycles. The Morgan fingerprint density at radius 2 is 0.750 bits per heavy atom. The SMILES string of the molecule is c1ccc(-c2cc3cc4c(cc3c3ccc5cc6c(cc5c23)-c2cccc3cccc-6c23)-c2cccc3c2c-4cc2ccccc23)cc1. The van der Waals surface area contributed by atoms with E-state index < -0.39 is 0 Å². The molecule has 0 aliphatic heterocycles. The molecule has 0 aromatic heterocycles. The predicted molar refractivity (Wildman–Crippen MR) is 206 cm³/mol. The first kappa shape index (κ1) is 24.9. The first-order chi connectivity index (χ1) is 23.8. The van der Waals surface area contributed by atoms with Crippen molar-refractivity contribution >= 4 is 64.6 Å². The maximum Gasteiger partial charge on any atom is -0.00199 e. The van der Waals surface area contributed by atoms with Crippen molar-refractivity contribution in [3.8, 4) is 55.6 Å². The molecule has 0 amide bonds. The molecule has 0 N–H and O–H groups in total. The highest BCUT2D eigenvalue weighted by Crippen LogP contribution is 2.53. The van der Waals surface area contributed by atoms with E-state index in [0.29, 0.717) is 0 Å². The Balaban J connectivity index is 1.22. The Kier molecular flexibility index (Phi) is 4.55. The second kappa shape index (κ2) is 8.76. The lowest BCUT2D eigenvalue weighted by Crippen LogP contribution is -1.89. The molecule has 0 saturated heterocycles. The van der Waals surface area contributed by atoms with Gasteiger partial charge in [-0.15, -0.1) is 0 Å². The first-order valence-electron chi connectivity index (χ1n) is 16.8. The summed E-state index contributed by atoms with van der Waals surface area (Å²) in [6.45, 7) is 0.